The van der Waals surface area contributed by atoms with Crippen molar-refractivity contribution >= 4 is 0 Å². The van der Waals surface area contributed by atoms with E-state index in [-0.39, 0.29) is 0 Å². The zero-order valence-corrected chi connectivity index (χ0v) is 13.2. The van der Waals surface area contributed by atoms with Gasteiger partial charge in [-0.1, -0.05) is 0 Å². The van der Waals surface area contributed by atoms with Crippen LogP contribution in [0, 0.1) is 17.8 Å². The largest absolute Gasteiger partial charge is 0.381 e. The summed E-state index contributed by atoms with van der Waals surface area (Å²) in [6.45, 7) is 10.7. The number of piperazine rings is 1. The minimum Gasteiger partial charge on any atom is -0.381 e. The molecule has 2 heterocycles. The lowest BCUT2D eigenvalue weighted by Crippen LogP contribution is -2.70. The van der Waals surface area contributed by atoms with Crippen LogP contribution in [0.1, 0.15) is 46.0 Å². The lowest BCUT2D eigenvalue weighted by atomic mass is 9.82. The van der Waals surface area contributed by atoms with Crippen LogP contribution >= 0.6 is 0 Å². The highest BCUT2D eigenvalue weighted by atomic mass is 16.5. The van der Waals surface area contributed by atoms with Gasteiger partial charge in [0.2, 0.25) is 0 Å². The Kier molecular flexibility index (Phi) is 3.17. The standard InChI is InChI=1S/C17H30N2O/c1-16(14-3-4-14)12-19(9-13-7-8-20-10-13)17(2,11-18-16)15-5-6-15/h13-15,18H,3-12H2,1-2H3. The Bertz CT molecular complexity index is 373. The Hall–Kier alpha value is -0.120. The summed E-state index contributed by atoms with van der Waals surface area (Å²) < 4.78 is 5.61. The zero-order chi connectivity index (χ0) is 13.8. The smallest absolute Gasteiger partial charge is 0.0507 e. The highest BCUT2D eigenvalue weighted by Crippen LogP contribution is 2.48. The molecule has 0 aromatic rings. The molecule has 3 atom stereocenters. The second-order valence-corrected chi connectivity index (χ2v) is 8.29. The van der Waals surface area contributed by atoms with Crippen LogP contribution in [0.3, 0.4) is 0 Å². The molecule has 2 saturated carbocycles. The van der Waals surface area contributed by atoms with E-state index in [0.717, 1.165) is 31.0 Å². The molecule has 1 N–H and O–H groups in total. The summed E-state index contributed by atoms with van der Waals surface area (Å²) in [5.41, 5.74) is 0.769. The lowest BCUT2D eigenvalue weighted by Gasteiger charge is -2.54. The van der Waals surface area contributed by atoms with Gasteiger partial charge in [-0.05, 0) is 63.7 Å². The second kappa shape index (κ2) is 4.69. The maximum Gasteiger partial charge on any atom is 0.0507 e. The number of nitrogens with one attached hydrogen (secondary N) is 1. The van der Waals surface area contributed by atoms with Gasteiger partial charge in [0.1, 0.15) is 0 Å². The molecular formula is C17H30N2O. The van der Waals surface area contributed by atoms with Crippen LogP contribution in [-0.4, -0.2) is 48.8 Å². The van der Waals surface area contributed by atoms with Crippen molar-refractivity contribution in [3.8, 4) is 0 Å². The Morgan fingerprint density at radius 1 is 1.10 bits per heavy atom. The summed E-state index contributed by atoms with van der Waals surface area (Å²) in [6.07, 6.45) is 7.02. The molecule has 0 spiro atoms. The Morgan fingerprint density at radius 3 is 2.45 bits per heavy atom. The van der Waals surface area contributed by atoms with Crippen molar-refractivity contribution in [3.05, 3.63) is 0 Å². The first-order chi connectivity index (χ1) is 9.60. The number of ether oxygens (including phenoxy) is 1. The Balaban J connectivity index is 1.51. The van der Waals surface area contributed by atoms with E-state index in [1.165, 1.54) is 51.7 Å². The van der Waals surface area contributed by atoms with Gasteiger partial charge in [-0.25, -0.2) is 0 Å². The molecule has 2 saturated heterocycles. The van der Waals surface area contributed by atoms with Crippen molar-refractivity contribution in [1.82, 2.24) is 10.2 Å². The number of nitrogens with zero attached hydrogens (tertiary/aromatic N) is 1. The lowest BCUT2D eigenvalue weighted by molar-refractivity contribution is -0.0120. The maximum absolute atomic E-state index is 5.61. The van der Waals surface area contributed by atoms with Crippen molar-refractivity contribution in [2.24, 2.45) is 17.8 Å². The first-order valence-corrected chi connectivity index (χ1v) is 8.68. The SMILES string of the molecule is CC1(C2CC2)CN(CC2CCOC2)C(C)(C2CC2)CN1. The molecule has 2 aliphatic heterocycles. The molecule has 0 aromatic carbocycles. The van der Waals surface area contributed by atoms with E-state index in [4.69, 9.17) is 4.74 Å². The van der Waals surface area contributed by atoms with E-state index in [1.807, 2.05) is 0 Å². The molecule has 3 unspecified atom stereocenters. The average Bonchev–Trinajstić information content (AvgIpc) is 3.32. The van der Waals surface area contributed by atoms with Crippen LogP contribution in [0.2, 0.25) is 0 Å². The molecule has 4 rings (SSSR count). The summed E-state index contributed by atoms with van der Waals surface area (Å²) in [4.78, 5) is 2.86. The molecule has 0 radical (unpaired) electrons. The third-order valence-electron chi connectivity index (χ3n) is 6.53. The first-order valence-electron chi connectivity index (χ1n) is 8.68. The number of rotatable bonds is 4. The van der Waals surface area contributed by atoms with Crippen molar-refractivity contribution in [1.29, 1.82) is 0 Å². The van der Waals surface area contributed by atoms with Crippen LogP contribution in [0.4, 0.5) is 0 Å². The molecule has 3 heteroatoms. The zero-order valence-electron chi connectivity index (χ0n) is 13.2. The van der Waals surface area contributed by atoms with Crippen LogP contribution in [0.5, 0.6) is 0 Å². The highest BCUT2D eigenvalue weighted by Gasteiger charge is 2.54. The van der Waals surface area contributed by atoms with Crippen molar-refractivity contribution < 1.29 is 4.74 Å². The molecular weight excluding hydrogens is 248 g/mol. The third kappa shape index (κ3) is 2.32. The Labute approximate surface area is 123 Å². The molecule has 0 amide bonds. The van der Waals surface area contributed by atoms with Crippen LogP contribution in [-0.2, 0) is 4.74 Å². The molecule has 3 nitrogen and oxygen atoms in total. The van der Waals surface area contributed by atoms with E-state index in [2.05, 4.69) is 24.1 Å². The number of hydrogen-bond acceptors (Lipinski definition) is 3. The first kappa shape index (κ1) is 13.5. The van der Waals surface area contributed by atoms with E-state index >= 15 is 0 Å². The van der Waals surface area contributed by atoms with E-state index in [9.17, 15) is 0 Å². The number of hydrogen-bond donors (Lipinski definition) is 1. The fraction of sp³-hybridized carbons (Fsp3) is 1.00. The van der Waals surface area contributed by atoms with Gasteiger partial charge in [0.25, 0.3) is 0 Å². The van der Waals surface area contributed by atoms with E-state index in [0.29, 0.717) is 11.1 Å². The normalized spacial score (nSPS) is 46.8. The molecule has 114 valence electrons. The van der Waals surface area contributed by atoms with E-state index < -0.39 is 0 Å². The molecule has 4 aliphatic rings. The predicted octanol–water partition coefficient (Wildman–Crippen LogP) is 2.27. The van der Waals surface area contributed by atoms with Crippen molar-refractivity contribution in [2.45, 2.75) is 57.0 Å². The van der Waals surface area contributed by atoms with Gasteiger partial charge in [0, 0.05) is 37.3 Å². The van der Waals surface area contributed by atoms with Gasteiger partial charge in [-0.3, -0.25) is 4.90 Å². The summed E-state index contributed by atoms with van der Waals surface area (Å²) in [7, 11) is 0. The van der Waals surface area contributed by atoms with E-state index in [1.54, 1.807) is 0 Å². The van der Waals surface area contributed by atoms with Crippen molar-refractivity contribution in [2.75, 3.05) is 32.8 Å². The minimum atomic E-state index is 0.369. The summed E-state index contributed by atoms with van der Waals surface area (Å²) in [6, 6.07) is 0. The van der Waals surface area contributed by atoms with Gasteiger partial charge in [0.15, 0.2) is 0 Å². The average molecular weight is 278 g/mol. The maximum atomic E-state index is 5.61. The summed E-state index contributed by atoms with van der Waals surface area (Å²) in [5, 5.41) is 3.95. The molecule has 20 heavy (non-hydrogen) atoms. The van der Waals surface area contributed by atoms with Gasteiger partial charge in [-0.15, -0.1) is 0 Å². The third-order valence-corrected chi connectivity index (χ3v) is 6.53. The second-order valence-electron chi connectivity index (χ2n) is 8.29. The molecule has 0 aromatic heterocycles. The predicted molar refractivity (Wildman–Crippen MR) is 80.8 cm³/mol. The molecule has 4 fully saturated rings. The fourth-order valence-corrected chi connectivity index (χ4v) is 4.54. The fourth-order valence-electron chi connectivity index (χ4n) is 4.54. The van der Waals surface area contributed by atoms with Gasteiger partial charge < -0.3 is 10.1 Å². The van der Waals surface area contributed by atoms with Gasteiger partial charge in [-0.2, -0.15) is 0 Å². The monoisotopic (exact) mass is 278 g/mol. The van der Waals surface area contributed by atoms with Gasteiger partial charge >= 0.3 is 0 Å². The topological polar surface area (TPSA) is 24.5 Å². The summed E-state index contributed by atoms with van der Waals surface area (Å²) in [5.74, 6) is 2.63. The Morgan fingerprint density at radius 2 is 1.85 bits per heavy atom. The molecule has 0 bridgehead atoms. The quantitative estimate of drug-likeness (QED) is 0.854. The van der Waals surface area contributed by atoms with Gasteiger partial charge in [0.05, 0.1) is 6.61 Å². The van der Waals surface area contributed by atoms with Crippen molar-refractivity contribution in [3.63, 3.8) is 0 Å². The highest BCUT2D eigenvalue weighted by molar-refractivity contribution is 5.11. The molecule has 2 aliphatic carbocycles. The van der Waals surface area contributed by atoms with Crippen LogP contribution < -0.4 is 5.32 Å². The van der Waals surface area contributed by atoms with Crippen LogP contribution in [0.25, 0.3) is 0 Å². The minimum absolute atomic E-state index is 0.369. The van der Waals surface area contributed by atoms with Crippen LogP contribution in [0.15, 0.2) is 0 Å². The summed E-state index contributed by atoms with van der Waals surface area (Å²) >= 11 is 0.